The number of aromatic hydroxyl groups is 1. The molecule has 0 aliphatic carbocycles. The number of likely N-dealkylation sites (N-methyl/N-ethyl adjacent to an activating group) is 1. The molecule has 22 heavy (non-hydrogen) atoms. The standard InChI is InChI=1S/C18H21NO2S/c1-4-6-14-10-13(11-15(7-5-2)17(14)20)12-16-18(21)19(3)8-9-22-16/h4-5,10-12,20H,1-2,6-9H2,3H3. The van der Waals surface area contributed by atoms with Gasteiger partial charge >= 0.3 is 0 Å². The molecule has 1 heterocycles. The lowest BCUT2D eigenvalue weighted by Gasteiger charge is -2.23. The summed E-state index contributed by atoms with van der Waals surface area (Å²) in [5.41, 5.74) is 2.57. The van der Waals surface area contributed by atoms with E-state index in [9.17, 15) is 9.90 Å². The van der Waals surface area contributed by atoms with Crippen LogP contribution in [0.15, 0.2) is 42.3 Å². The number of hydrogen-bond donors (Lipinski definition) is 1. The fourth-order valence-corrected chi connectivity index (χ4v) is 3.48. The number of thioether (sulfide) groups is 1. The smallest absolute Gasteiger partial charge is 0.260 e. The second kappa shape index (κ2) is 7.36. The summed E-state index contributed by atoms with van der Waals surface area (Å²) in [7, 11) is 1.82. The Morgan fingerprint density at radius 2 is 1.86 bits per heavy atom. The van der Waals surface area contributed by atoms with Crippen LogP contribution in [0.25, 0.3) is 6.08 Å². The Labute approximate surface area is 136 Å². The van der Waals surface area contributed by atoms with Crippen LogP contribution in [-0.4, -0.2) is 35.3 Å². The zero-order chi connectivity index (χ0) is 16.1. The maximum absolute atomic E-state index is 12.2. The Hall–Kier alpha value is -1.94. The molecule has 1 N–H and O–H groups in total. The van der Waals surface area contributed by atoms with Crippen LogP contribution in [0.1, 0.15) is 16.7 Å². The van der Waals surface area contributed by atoms with E-state index in [0.29, 0.717) is 18.6 Å². The highest BCUT2D eigenvalue weighted by atomic mass is 32.2. The third kappa shape index (κ3) is 3.63. The summed E-state index contributed by atoms with van der Waals surface area (Å²) < 4.78 is 0. The Balaban J connectivity index is 2.43. The van der Waals surface area contributed by atoms with Crippen LogP contribution in [0.3, 0.4) is 0 Å². The third-order valence-electron chi connectivity index (χ3n) is 3.56. The lowest BCUT2D eigenvalue weighted by atomic mass is 9.99. The monoisotopic (exact) mass is 315 g/mol. The number of hydrogen-bond acceptors (Lipinski definition) is 3. The number of carbonyl (C=O) groups excluding carboxylic acids is 1. The molecule has 1 amide bonds. The number of phenols is 1. The number of benzene rings is 1. The quantitative estimate of drug-likeness (QED) is 0.669. The molecule has 1 aliphatic rings. The minimum atomic E-state index is 0.0554. The van der Waals surface area contributed by atoms with Gasteiger partial charge in [0, 0.05) is 19.3 Å². The van der Waals surface area contributed by atoms with Crippen molar-refractivity contribution in [3.05, 3.63) is 59.0 Å². The second-order valence-electron chi connectivity index (χ2n) is 5.26. The van der Waals surface area contributed by atoms with Crippen molar-refractivity contribution in [1.29, 1.82) is 0 Å². The fourth-order valence-electron chi connectivity index (χ4n) is 2.39. The van der Waals surface area contributed by atoms with Crippen LogP contribution in [0.5, 0.6) is 5.75 Å². The van der Waals surface area contributed by atoms with Gasteiger partial charge in [0.1, 0.15) is 5.75 Å². The number of nitrogens with zero attached hydrogens (tertiary/aromatic N) is 1. The van der Waals surface area contributed by atoms with Crippen molar-refractivity contribution in [2.24, 2.45) is 0 Å². The van der Waals surface area contributed by atoms with Crippen LogP contribution in [0, 0.1) is 0 Å². The highest BCUT2D eigenvalue weighted by molar-refractivity contribution is 8.04. The first-order valence-corrected chi connectivity index (χ1v) is 8.22. The minimum absolute atomic E-state index is 0.0554. The van der Waals surface area contributed by atoms with E-state index in [1.54, 1.807) is 28.8 Å². The molecule has 0 aromatic heterocycles. The van der Waals surface area contributed by atoms with E-state index in [2.05, 4.69) is 13.2 Å². The molecular formula is C18H21NO2S. The van der Waals surface area contributed by atoms with Gasteiger partial charge in [0.05, 0.1) is 4.91 Å². The number of carbonyl (C=O) groups is 1. The van der Waals surface area contributed by atoms with Crippen molar-refractivity contribution in [1.82, 2.24) is 4.90 Å². The zero-order valence-corrected chi connectivity index (χ0v) is 13.7. The van der Waals surface area contributed by atoms with Gasteiger partial charge in [-0.25, -0.2) is 0 Å². The molecule has 1 fully saturated rings. The van der Waals surface area contributed by atoms with Crippen LogP contribution >= 0.6 is 11.8 Å². The molecule has 0 radical (unpaired) electrons. The van der Waals surface area contributed by atoms with E-state index < -0.39 is 0 Å². The van der Waals surface area contributed by atoms with E-state index >= 15 is 0 Å². The number of rotatable bonds is 5. The van der Waals surface area contributed by atoms with Crippen molar-refractivity contribution < 1.29 is 9.90 Å². The van der Waals surface area contributed by atoms with E-state index in [0.717, 1.165) is 33.9 Å². The summed E-state index contributed by atoms with van der Waals surface area (Å²) in [6.07, 6.45) is 6.61. The molecule has 0 saturated carbocycles. The van der Waals surface area contributed by atoms with Gasteiger partial charge in [0.2, 0.25) is 0 Å². The molecule has 1 aliphatic heterocycles. The maximum Gasteiger partial charge on any atom is 0.260 e. The van der Waals surface area contributed by atoms with Crippen LogP contribution in [-0.2, 0) is 17.6 Å². The van der Waals surface area contributed by atoms with E-state index in [1.165, 1.54) is 0 Å². The minimum Gasteiger partial charge on any atom is -0.507 e. The average molecular weight is 315 g/mol. The van der Waals surface area contributed by atoms with E-state index in [-0.39, 0.29) is 5.91 Å². The maximum atomic E-state index is 12.2. The van der Waals surface area contributed by atoms with Gasteiger partial charge in [-0.2, -0.15) is 0 Å². The number of amides is 1. The summed E-state index contributed by atoms with van der Waals surface area (Å²) in [6.45, 7) is 8.23. The Morgan fingerprint density at radius 3 is 2.41 bits per heavy atom. The predicted octanol–water partition coefficient (Wildman–Crippen LogP) is 3.40. The molecule has 116 valence electrons. The molecule has 1 aromatic carbocycles. The van der Waals surface area contributed by atoms with Crippen LogP contribution in [0.2, 0.25) is 0 Å². The molecule has 2 rings (SSSR count). The zero-order valence-electron chi connectivity index (χ0n) is 12.8. The summed E-state index contributed by atoms with van der Waals surface area (Å²) in [4.78, 5) is 14.7. The van der Waals surface area contributed by atoms with Gasteiger partial charge in [-0.15, -0.1) is 24.9 Å². The molecule has 0 bridgehead atoms. The predicted molar refractivity (Wildman–Crippen MR) is 94.0 cm³/mol. The van der Waals surface area contributed by atoms with Crippen molar-refractivity contribution >= 4 is 23.7 Å². The SMILES string of the molecule is C=CCc1cc(C=C2SCCN(C)C2=O)cc(CC=C)c1O. The Morgan fingerprint density at radius 1 is 1.27 bits per heavy atom. The topological polar surface area (TPSA) is 40.5 Å². The first-order valence-electron chi connectivity index (χ1n) is 7.23. The molecular weight excluding hydrogens is 294 g/mol. The molecule has 3 nitrogen and oxygen atoms in total. The second-order valence-corrected chi connectivity index (χ2v) is 6.39. The highest BCUT2D eigenvalue weighted by Crippen LogP contribution is 2.30. The normalized spacial score (nSPS) is 16.9. The van der Waals surface area contributed by atoms with Gasteiger partial charge in [-0.05, 0) is 47.7 Å². The number of phenolic OH excluding ortho intramolecular Hbond substituents is 1. The Kier molecular flexibility index (Phi) is 5.50. The van der Waals surface area contributed by atoms with Gasteiger partial charge < -0.3 is 10.0 Å². The first kappa shape index (κ1) is 16.4. The van der Waals surface area contributed by atoms with Crippen molar-refractivity contribution in [2.45, 2.75) is 12.8 Å². The lowest BCUT2D eigenvalue weighted by Crippen LogP contribution is -2.33. The van der Waals surface area contributed by atoms with Crippen molar-refractivity contribution in [3.8, 4) is 5.75 Å². The third-order valence-corrected chi connectivity index (χ3v) is 4.55. The van der Waals surface area contributed by atoms with Gasteiger partial charge in [-0.1, -0.05) is 12.2 Å². The fraction of sp³-hybridized carbons (Fsp3) is 0.278. The molecule has 1 aromatic rings. The van der Waals surface area contributed by atoms with E-state index in [1.807, 2.05) is 25.3 Å². The van der Waals surface area contributed by atoms with Crippen molar-refractivity contribution in [2.75, 3.05) is 19.3 Å². The summed E-state index contributed by atoms with van der Waals surface area (Å²) in [5, 5.41) is 10.3. The summed E-state index contributed by atoms with van der Waals surface area (Å²) in [6, 6.07) is 3.83. The largest absolute Gasteiger partial charge is 0.507 e. The first-order chi connectivity index (χ1) is 10.6. The molecule has 4 heteroatoms. The van der Waals surface area contributed by atoms with Gasteiger partial charge in [0.25, 0.3) is 5.91 Å². The highest BCUT2D eigenvalue weighted by Gasteiger charge is 2.20. The summed E-state index contributed by atoms with van der Waals surface area (Å²) >= 11 is 1.58. The van der Waals surface area contributed by atoms with Crippen molar-refractivity contribution in [3.63, 3.8) is 0 Å². The lowest BCUT2D eigenvalue weighted by molar-refractivity contribution is -0.125. The molecule has 1 saturated heterocycles. The summed E-state index contributed by atoms with van der Waals surface area (Å²) in [5.74, 6) is 1.26. The van der Waals surface area contributed by atoms with Crippen LogP contribution < -0.4 is 0 Å². The van der Waals surface area contributed by atoms with Gasteiger partial charge in [-0.3, -0.25) is 4.79 Å². The Bertz CT molecular complexity index is 603. The van der Waals surface area contributed by atoms with Gasteiger partial charge in [0.15, 0.2) is 0 Å². The molecule has 0 atom stereocenters. The molecule has 0 spiro atoms. The molecule has 0 unspecified atom stereocenters. The average Bonchev–Trinajstić information content (AvgIpc) is 2.49. The number of allylic oxidation sites excluding steroid dienone is 2. The van der Waals surface area contributed by atoms with Crippen LogP contribution in [0.4, 0.5) is 0 Å². The van der Waals surface area contributed by atoms with E-state index in [4.69, 9.17) is 0 Å².